The Hall–Kier alpha value is -3.99. The predicted molar refractivity (Wildman–Crippen MR) is 142 cm³/mol. The van der Waals surface area contributed by atoms with E-state index >= 15 is 0 Å². The molecule has 0 aliphatic rings. The van der Waals surface area contributed by atoms with Gasteiger partial charge in [-0.1, -0.05) is 24.3 Å². The van der Waals surface area contributed by atoms with Crippen LogP contribution in [0.15, 0.2) is 58.8 Å². The first kappa shape index (κ1) is 26.1. The van der Waals surface area contributed by atoms with Crippen LogP contribution in [-0.2, 0) is 24.1 Å². The fraction of sp³-hybridized carbons (Fsp3) is 0.308. The fourth-order valence-electron chi connectivity index (χ4n) is 4.04. The van der Waals surface area contributed by atoms with Gasteiger partial charge in [0.15, 0.2) is 22.1 Å². The zero-order valence-electron chi connectivity index (χ0n) is 21.2. The summed E-state index contributed by atoms with van der Waals surface area (Å²) in [5.41, 5.74) is 14.0. The summed E-state index contributed by atoms with van der Waals surface area (Å²) in [4.78, 5) is 25.3. The van der Waals surface area contributed by atoms with Crippen LogP contribution in [0.25, 0.3) is 11.2 Å². The molecule has 0 bridgehead atoms. The van der Waals surface area contributed by atoms with Gasteiger partial charge in [-0.3, -0.25) is 0 Å². The molecule has 0 aliphatic heterocycles. The molecule has 0 saturated heterocycles. The number of carbonyl (C=O) groups is 1. The number of methoxy groups -OCH3 is 2. The van der Waals surface area contributed by atoms with Crippen molar-refractivity contribution in [3.05, 3.63) is 59.9 Å². The Labute approximate surface area is 219 Å². The number of carbonyl (C=O) groups excluding carboxylic acids is 1. The van der Waals surface area contributed by atoms with E-state index in [0.29, 0.717) is 35.7 Å². The molecule has 2 heterocycles. The van der Waals surface area contributed by atoms with Crippen LogP contribution < -0.4 is 20.9 Å². The number of hydrogen-bond acceptors (Lipinski definition) is 9. The molecular weight excluding hydrogens is 492 g/mol. The Morgan fingerprint density at radius 1 is 1.05 bits per heavy atom. The number of fused-ring (bicyclic) bond motifs is 1. The van der Waals surface area contributed by atoms with Crippen molar-refractivity contribution in [2.75, 3.05) is 20.0 Å². The quantitative estimate of drug-likeness (QED) is 0.313. The molecule has 0 spiro atoms. The van der Waals surface area contributed by atoms with Crippen molar-refractivity contribution in [3.8, 4) is 11.5 Å². The van der Waals surface area contributed by atoms with Crippen molar-refractivity contribution in [1.82, 2.24) is 19.5 Å². The van der Waals surface area contributed by atoms with Gasteiger partial charge in [0, 0.05) is 13.0 Å². The maximum absolute atomic E-state index is 11.1. The second kappa shape index (κ2) is 11.0. The van der Waals surface area contributed by atoms with Crippen molar-refractivity contribution in [2.24, 2.45) is 5.73 Å². The first-order chi connectivity index (χ1) is 17.7. The topological polar surface area (TPSA) is 140 Å². The second-order valence-electron chi connectivity index (χ2n) is 9.02. The maximum atomic E-state index is 11.1. The number of nitrogen functional groups attached to an aromatic ring is 1. The molecule has 4 aromatic rings. The third-order valence-electron chi connectivity index (χ3n) is 5.75. The summed E-state index contributed by atoms with van der Waals surface area (Å²) in [6.07, 6.45) is 1.96. The van der Waals surface area contributed by atoms with Crippen molar-refractivity contribution in [3.63, 3.8) is 0 Å². The molecule has 37 heavy (non-hydrogen) atoms. The van der Waals surface area contributed by atoms with Gasteiger partial charge in [-0.2, -0.15) is 0 Å². The molecule has 10 nitrogen and oxygen atoms in total. The van der Waals surface area contributed by atoms with Crippen LogP contribution in [0.1, 0.15) is 25.0 Å². The minimum atomic E-state index is -0.779. The molecule has 0 aliphatic carbocycles. The number of ether oxygens (including phenoxy) is 3. The summed E-state index contributed by atoms with van der Waals surface area (Å²) in [6.45, 7) is 4.29. The number of nitrogens with zero attached hydrogens (tertiary/aromatic N) is 4. The summed E-state index contributed by atoms with van der Waals surface area (Å²) in [5, 5.41) is 0.718. The van der Waals surface area contributed by atoms with Crippen LogP contribution in [-0.4, -0.2) is 45.4 Å². The average Bonchev–Trinajstić information content (AvgIpc) is 3.20. The van der Waals surface area contributed by atoms with E-state index in [-0.39, 0.29) is 0 Å². The van der Waals surface area contributed by atoms with E-state index in [4.69, 9.17) is 30.7 Å². The molecule has 1 amide bonds. The van der Waals surface area contributed by atoms with Crippen LogP contribution in [0.2, 0.25) is 0 Å². The van der Waals surface area contributed by atoms with Gasteiger partial charge in [0.05, 0.1) is 19.1 Å². The second-order valence-corrected chi connectivity index (χ2v) is 10.0. The number of primary amides is 1. The van der Waals surface area contributed by atoms with E-state index in [1.54, 1.807) is 14.2 Å². The Morgan fingerprint density at radius 2 is 1.78 bits per heavy atom. The lowest BCUT2D eigenvalue weighted by atomic mass is 9.97. The monoisotopic (exact) mass is 522 g/mol. The van der Waals surface area contributed by atoms with Gasteiger partial charge in [-0.15, -0.1) is 0 Å². The highest BCUT2D eigenvalue weighted by atomic mass is 32.2. The van der Waals surface area contributed by atoms with Crippen LogP contribution in [0.4, 0.5) is 10.6 Å². The lowest BCUT2D eigenvalue weighted by Gasteiger charge is -2.24. The molecular formula is C26H30N6O4S. The minimum Gasteiger partial charge on any atom is -0.497 e. The Balaban J connectivity index is 1.58. The summed E-state index contributed by atoms with van der Waals surface area (Å²) in [6, 6.07) is 13.8. The summed E-state index contributed by atoms with van der Waals surface area (Å²) in [5.74, 6) is 1.76. The van der Waals surface area contributed by atoms with E-state index in [9.17, 15) is 4.79 Å². The lowest BCUT2D eigenvalue weighted by molar-refractivity contribution is 0.0460. The highest BCUT2D eigenvalue weighted by molar-refractivity contribution is 7.99. The summed E-state index contributed by atoms with van der Waals surface area (Å²) in [7, 11) is 3.25. The number of anilines is 1. The normalized spacial score (nSPS) is 11.5. The fourth-order valence-corrected chi connectivity index (χ4v) is 5.09. The molecule has 4 rings (SSSR count). The number of benzene rings is 2. The minimum absolute atomic E-state index is 0.327. The number of aryl methyl sites for hydroxylation is 2. The molecule has 0 unspecified atom stereocenters. The molecule has 0 radical (unpaired) electrons. The highest BCUT2D eigenvalue weighted by Crippen LogP contribution is 2.38. The third kappa shape index (κ3) is 6.23. The average molecular weight is 523 g/mol. The summed E-state index contributed by atoms with van der Waals surface area (Å²) < 4.78 is 18.2. The van der Waals surface area contributed by atoms with E-state index < -0.39 is 11.7 Å². The van der Waals surface area contributed by atoms with Gasteiger partial charge < -0.3 is 30.2 Å². The first-order valence-corrected chi connectivity index (χ1v) is 12.4. The lowest BCUT2D eigenvalue weighted by Crippen LogP contribution is -2.33. The van der Waals surface area contributed by atoms with Crippen molar-refractivity contribution >= 4 is 34.8 Å². The zero-order valence-corrected chi connectivity index (χ0v) is 22.0. The van der Waals surface area contributed by atoms with Gasteiger partial charge in [0.1, 0.15) is 23.4 Å². The SMILES string of the molecule is COc1ccc(OC)c(Sc2nc3c(N)ncnc3n2CCc2ccc(CC(C)(C)OC(N)=O)cc2)c1. The predicted octanol–water partition coefficient (Wildman–Crippen LogP) is 4.24. The Morgan fingerprint density at radius 3 is 2.46 bits per heavy atom. The van der Waals surface area contributed by atoms with Gasteiger partial charge in [-0.05, 0) is 61.4 Å². The number of imidazole rings is 1. The largest absolute Gasteiger partial charge is 0.497 e. The zero-order chi connectivity index (χ0) is 26.6. The van der Waals surface area contributed by atoms with E-state index in [1.807, 2.05) is 48.7 Å². The molecule has 4 N–H and O–H groups in total. The molecule has 194 valence electrons. The molecule has 0 atom stereocenters. The van der Waals surface area contributed by atoms with Crippen LogP contribution >= 0.6 is 11.8 Å². The number of aromatic nitrogens is 4. The molecule has 2 aromatic heterocycles. The van der Waals surface area contributed by atoms with Crippen LogP contribution in [0.3, 0.4) is 0 Å². The van der Waals surface area contributed by atoms with Gasteiger partial charge >= 0.3 is 6.09 Å². The van der Waals surface area contributed by atoms with Crippen molar-refractivity contribution in [2.45, 2.75) is 48.9 Å². The van der Waals surface area contributed by atoms with E-state index in [0.717, 1.165) is 33.3 Å². The molecule has 0 saturated carbocycles. The third-order valence-corrected chi connectivity index (χ3v) is 6.78. The number of hydrogen-bond donors (Lipinski definition) is 2. The Bertz CT molecular complexity index is 1400. The first-order valence-electron chi connectivity index (χ1n) is 11.6. The maximum Gasteiger partial charge on any atom is 0.405 e. The van der Waals surface area contributed by atoms with Gasteiger partial charge in [0.2, 0.25) is 0 Å². The van der Waals surface area contributed by atoms with Crippen molar-refractivity contribution < 1.29 is 19.0 Å². The number of amides is 1. The molecule has 11 heteroatoms. The van der Waals surface area contributed by atoms with E-state index in [2.05, 4.69) is 22.1 Å². The number of nitrogens with two attached hydrogens (primary N) is 2. The summed E-state index contributed by atoms with van der Waals surface area (Å²) >= 11 is 1.45. The number of rotatable bonds is 10. The van der Waals surface area contributed by atoms with Crippen molar-refractivity contribution in [1.29, 1.82) is 0 Å². The standard InChI is InChI=1S/C26H30N6O4S/c1-26(2,36-24(28)33)14-17-7-5-16(6-8-17)11-12-32-23-21(22(27)29-15-30-23)31-25(32)37-20-13-18(34-3)9-10-19(20)35-4/h5-10,13,15H,11-12,14H2,1-4H3,(H2,28,33)(H2,27,29,30). The van der Waals surface area contributed by atoms with Crippen LogP contribution in [0, 0.1) is 0 Å². The molecule has 2 aromatic carbocycles. The Kier molecular flexibility index (Phi) is 7.72. The van der Waals surface area contributed by atoms with Gasteiger partial charge in [-0.25, -0.2) is 19.7 Å². The highest BCUT2D eigenvalue weighted by Gasteiger charge is 2.22. The van der Waals surface area contributed by atoms with Crippen LogP contribution in [0.5, 0.6) is 11.5 Å². The van der Waals surface area contributed by atoms with Gasteiger partial charge in [0.25, 0.3) is 0 Å². The molecule has 0 fully saturated rings. The van der Waals surface area contributed by atoms with E-state index in [1.165, 1.54) is 18.1 Å². The smallest absolute Gasteiger partial charge is 0.405 e.